The fourth-order valence-corrected chi connectivity index (χ4v) is 2.66. The summed E-state index contributed by atoms with van der Waals surface area (Å²) in [7, 11) is 0. The van der Waals surface area contributed by atoms with Crippen LogP contribution in [0.15, 0.2) is 24.3 Å². The predicted molar refractivity (Wildman–Crippen MR) is 96.6 cm³/mol. The van der Waals surface area contributed by atoms with Crippen LogP contribution < -0.4 is 10.6 Å². The number of anilines is 3. The van der Waals surface area contributed by atoms with Gasteiger partial charge in [0.15, 0.2) is 0 Å². The zero-order chi connectivity index (χ0) is 16.2. The van der Waals surface area contributed by atoms with E-state index in [0.29, 0.717) is 36.3 Å². The van der Waals surface area contributed by atoms with Crippen LogP contribution in [-0.2, 0) is 0 Å². The summed E-state index contributed by atoms with van der Waals surface area (Å²) in [6, 6.07) is 6.91. The maximum atomic E-state index is 14.0. The number of aliphatic hydroxyl groups is 1. The number of nitrogens with zero attached hydrogens (tertiary/aromatic N) is 2. The van der Waals surface area contributed by atoms with Gasteiger partial charge in [0.25, 0.3) is 0 Å². The Bertz CT molecular complexity index is 694. The molecular weight excluding hydrogens is 410 g/mol. The first-order chi connectivity index (χ1) is 11.2. The average Bonchev–Trinajstić information content (AvgIpc) is 3.35. The van der Waals surface area contributed by atoms with Crippen molar-refractivity contribution < 1.29 is 9.50 Å². The Hall–Kier alpha value is -1.48. The molecule has 0 unspecified atom stereocenters. The van der Waals surface area contributed by atoms with Crippen LogP contribution in [0.4, 0.5) is 21.8 Å². The Kier molecular flexibility index (Phi) is 5.27. The number of hydrogen-bond acceptors (Lipinski definition) is 5. The van der Waals surface area contributed by atoms with Crippen molar-refractivity contribution in [3.63, 3.8) is 0 Å². The van der Waals surface area contributed by atoms with E-state index in [1.807, 2.05) is 12.1 Å². The standard InChI is InChI=1S/C16H18FIN4O/c17-12-8-11(18)4-5-13(12)20-15-9-14(10-2-3-10)21-16(22-15)19-6-1-7-23/h4-5,8-10,23H,1-3,6-7H2,(H2,19,20,21,22). The molecule has 5 nitrogen and oxygen atoms in total. The molecule has 0 saturated heterocycles. The van der Waals surface area contributed by atoms with Gasteiger partial charge in [0, 0.05) is 28.7 Å². The van der Waals surface area contributed by atoms with Crippen molar-refractivity contribution in [2.75, 3.05) is 23.8 Å². The molecule has 1 aromatic carbocycles. The predicted octanol–water partition coefficient (Wildman–Crippen LogP) is 3.64. The quantitative estimate of drug-likeness (QED) is 0.464. The number of nitrogens with one attached hydrogen (secondary N) is 2. The van der Waals surface area contributed by atoms with Gasteiger partial charge in [-0.15, -0.1) is 0 Å². The normalized spacial score (nSPS) is 13.9. The molecule has 0 spiro atoms. The number of halogens is 2. The fraction of sp³-hybridized carbons (Fsp3) is 0.375. The van der Waals surface area contributed by atoms with Crippen LogP contribution in [0, 0.1) is 9.39 Å². The van der Waals surface area contributed by atoms with Crippen LogP contribution in [0.1, 0.15) is 30.9 Å². The van der Waals surface area contributed by atoms with E-state index in [9.17, 15) is 4.39 Å². The largest absolute Gasteiger partial charge is 0.396 e. The lowest BCUT2D eigenvalue weighted by Gasteiger charge is -2.11. The summed E-state index contributed by atoms with van der Waals surface area (Å²) < 4.78 is 14.8. The molecule has 1 aromatic heterocycles. The van der Waals surface area contributed by atoms with Crippen LogP contribution in [0.3, 0.4) is 0 Å². The molecule has 0 aliphatic heterocycles. The van der Waals surface area contributed by atoms with Crippen molar-refractivity contribution in [3.8, 4) is 0 Å². The van der Waals surface area contributed by atoms with Crippen molar-refractivity contribution in [1.29, 1.82) is 0 Å². The van der Waals surface area contributed by atoms with Crippen LogP contribution in [-0.4, -0.2) is 28.2 Å². The highest BCUT2D eigenvalue weighted by atomic mass is 127. The topological polar surface area (TPSA) is 70.1 Å². The van der Waals surface area contributed by atoms with Gasteiger partial charge in [-0.25, -0.2) is 9.37 Å². The third kappa shape index (κ3) is 4.51. The summed E-state index contributed by atoms with van der Waals surface area (Å²) >= 11 is 2.08. The van der Waals surface area contributed by atoms with Gasteiger partial charge >= 0.3 is 0 Å². The molecule has 1 aliphatic rings. The average molecular weight is 428 g/mol. The second-order valence-electron chi connectivity index (χ2n) is 5.53. The zero-order valence-electron chi connectivity index (χ0n) is 12.5. The third-order valence-electron chi connectivity index (χ3n) is 3.55. The van der Waals surface area contributed by atoms with Crippen LogP contribution in [0.25, 0.3) is 0 Å². The van der Waals surface area contributed by atoms with Crippen molar-refractivity contribution in [1.82, 2.24) is 9.97 Å². The molecule has 1 fully saturated rings. The minimum Gasteiger partial charge on any atom is -0.396 e. The maximum Gasteiger partial charge on any atom is 0.224 e. The summed E-state index contributed by atoms with van der Waals surface area (Å²) in [5, 5.41) is 15.0. The van der Waals surface area contributed by atoms with Gasteiger partial charge in [0.05, 0.1) is 11.4 Å². The zero-order valence-corrected chi connectivity index (χ0v) is 14.7. The molecular formula is C16H18FIN4O. The number of hydrogen-bond donors (Lipinski definition) is 3. The van der Waals surface area contributed by atoms with Gasteiger partial charge in [-0.1, -0.05) is 0 Å². The molecule has 0 bridgehead atoms. The van der Waals surface area contributed by atoms with Gasteiger partial charge in [0.1, 0.15) is 11.6 Å². The highest BCUT2D eigenvalue weighted by Crippen LogP contribution is 2.40. The number of aliphatic hydroxyl groups excluding tert-OH is 1. The monoisotopic (exact) mass is 428 g/mol. The lowest BCUT2D eigenvalue weighted by atomic mass is 10.2. The Balaban J connectivity index is 1.82. The Morgan fingerprint density at radius 3 is 2.78 bits per heavy atom. The van der Waals surface area contributed by atoms with Gasteiger partial charge in [0.2, 0.25) is 5.95 Å². The molecule has 0 radical (unpaired) electrons. The van der Waals surface area contributed by atoms with E-state index in [-0.39, 0.29) is 12.4 Å². The molecule has 1 heterocycles. The molecule has 3 rings (SSSR count). The first kappa shape index (κ1) is 16.4. The van der Waals surface area contributed by atoms with E-state index >= 15 is 0 Å². The molecule has 23 heavy (non-hydrogen) atoms. The minimum absolute atomic E-state index is 0.119. The Labute approximate surface area is 147 Å². The second kappa shape index (κ2) is 7.39. The van der Waals surface area contributed by atoms with E-state index in [1.54, 1.807) is 6.07 Å². The van der Waals surface area contributed by atoms with Gasteiger partial charge in [-0.3, -0.25) is 0 Å². The number of benzene rings is 1. The molecule has 2 aromatic rings. The molecule has 1 saturated carbocycles. The minimum atomic E-state index is -0.307. The molecule has 7 heteroatoms. The van der Waals surface area contributed by atoms with Crippen LogP contribution >= 0.6 is 22.6 Å². The van der Waals surface area contributed by atoms with Gasteiger partial charge in [-0.2, -0.15) is 4.98 Å². The van der Waals surface area contributed by atoms with Gasteiger partial charge < -0.3 is 15.7 Å². The van der Waals surface area contributed by atoms with Crippen molar-refractivity contribution in [2.24, 2.45) is 0 Å². The highest BCUT2D eigenvalue weighted by molar-refractivity contribution is 14.1. The van der Waals surface area contributed by atoms with E-state index in [0.717, 1.165) is 22.1 Å². The molecule has 1 aliphatic carbocycles. The smallest absolute Gasteiger partial charge is 0.224 e. The highest BCUT2D eigenvalue weighted by Gasteiger charge is 2.26. The van der Waals surface area contributed by atoms with Crippen molar-refractivity contribution in [3.05, 3.63) is 39.3 Å². The number of aromatic nitrogens is 2. The second-order valence-corrected chi connectivity index (χ2v) is 6.77. The molecule has 3 N–H and O–H groups in total. The molecule has 0 atom stereocenters. The molecule has 0 amide bonds. The summed E-state index contributed by atoms with van der Waals surface area (Å²) in [6.45, 7) is 0.718. The SMILES string of the molecule is OCCCNc1nc(Nc2ccc(I)cc2F)cc(C2CC2)n1. The lowest BCUT2D eigenvalue weighted by molar-refractivity contribution is 0.292. The Morgan fingerprint density at radius 2 is 2.09 bits per heavy atom. The van der Waals surface area contributed by atoms with Crippen molar-refractivity contribution >= 4 is 40.0 Å². The maximum absolute atomic E-state index is 14.0. The number of rotatable bonds is 7. The van der Waals surface area contributed by atoms with Gasteiger partial charge in [-0.05, 0) is 60.1 Å². The fourth-order valence-electron chi connectivity index (χ4n) is 2.21. The van der Waals surface area contributed by atoms with E-state index in [2.05, 4.69) is 43.2 Å². The third-order valence-corrected chi connectivity index (χ3v) is 4.22. The first-order valence-corrected chi connectivity index (χ1v) is 8.69. The summed E-state index contributed by atoms with van der Waals surface area (Å²) in [5.74, 6) is 1.25. The lowest BCUT2D eigenvalue weighted by Crippen LogP contribution is -2.09. The van der Waals surface area contributed by atoms with Crippen LogP contribution in [0.5, 0.6) is 0 Å². The first-order valence-electron chi connectivity index (χ1n) is 7.61. The summed E-state index contributed by atoms with van der Waals surface area (Å²) in [4.78, 5) is 8.90. The van der Waals surface area contributed by atoms with Crippen LogP contribution in [0.2, 0.25) is 0 Å². The van der Waals surface area contributed by atoms with E-state index < -0.39 is 0 Å². The Morgan fingerprint density at radius 1 is 1.26 bits per heavy atom. The van der Waals surface area contributed by atoms with E-state index in [1.165, 1.54) is 6.07 Å². The molecule has 122 valence electrons. The summed E-state index contributed by atoms with van der Waals surface area (Å²) in [6.07, 6.45) is 2.89. The van der Waals surface area contributed by atoms with E-state index in [4.69, 9.17) is 5.11 Å². The summed E-state index contributed by atoms with van der Waals surface area (Å²) in [5.41, 5.74) is 1.37. The van der Waals surface area contributed by atoms with Crippen molar-refractivity contribution in [2.45, 2.75) is 25.2 Å².